The summed E-state index contributed by atoms with van der Waals surface area (Å²) >= 11 is 0. The van der Waals surface area contributed by atoms with Gasteiger partial charge in [-0.1, -0.05) is 36.4 Å². The molecule has 1 N–H and O–H groups in total. The second-order valence-corrected chi connectivity index (χ2v) is 9.59. The summed E-state index contributed by atoms with van der Waals surface area (Å²) in [5.41, 5.74) is 2.16. The van der Waals surface area contributed by atoms with Crippen molar-refractivity contribution in [2.45, 2.75) is 38.4 Å². The third kappa shape index (κ3) is 4.10. The highest BCUT2D eigenvalue weighted by molar-refractivity contribution is 5.84. The molecular formula is C26H33N5O2. The van der Waals surface area contributed by atoms with Crippen LogP contribution in [0.2, 0.25) is 0 Å². The number of amides is 3. The first-order valence-electron chi connectivity index (χ1n) is 12.1. The van der Waals surface area contributed by atoms with Crippen LogP contribution in [0.3, 0.4) is 0 Å². The molecule has 0 bridgehead atoms. The molecule has 3 amide bonds. The quantitative estimate of drug-likeness (QED) is 0.765. The van der Waals surface area contributed by atoms with E-state index in [2.05, 4.69) is 33.1 Å². The van der Waals surface area contributed by atoms with Crippen molar-refractivity contribution in [1.29, 1.82) is 0 Å². The molecule has 0 unspecified atom stereocenters. The summed E-state index contributed by atoms with van der Waals surface area (Å²) in [6.45, 7) is 7.34. The van der Waals surface area contributed by atoms with Crippen LogP contribution in [0.25, 0.3) is 0 Å². The van der Waals surface area contributed by atoms with E-state index in [1.165, 1.54) is 5.56 Å². The number of carbonyl (C=O) groups excluding carboxylic acids is 2. The van der Waals surface area contributed by atoms with E-state index in [4.69, 9.17) is 0 Å². The van der Waals surface area contributed by atoms with Crippen LogP contribution in [0.5, 0.6) is 0 Å². The lowest BCUT2D eigenvalue weighted by Gasteiger charge is -2.47. The minimum atomic E-state index is -0.129. The Labute approximate surface area is 195 Å². The number of fused-ring (bicyclic) bond motifs is 2. The van der Waals surface area contributed by atoms with Crippen LogP contribution >= 0.6 is 0 Å². The molecule has 2 aromatic rings. The average Bonchev–Trinajstić information content (AvgIpc) is 3.36. The standard InChI is InChI=1S/C26H33N5O2/c1-2-31-24(32)22-18-29(17-21-9-6-12-27-15-21)19-23(22)26(31)10-13-30(14-11-26)25(33)28-16-20-7-4-3-5-8-20/h3-9,12,15,22-23H,2,10-11,13-14,16-19H2,1H3,(H,28,33)/t22-,23+/m1/s1. The van der Waals surface area contributed by atoms with Gasteiger partial charge < -0.3 is 15.1 Å². The minimum absolute atomic E-state index is 0.0118. The number of carbonyl (C=O) groups is 2. The van der Waals surface area contributed by atoms with Gasteiger partial charge in [0.1, 0.15) is 0 Å². The topological polar surface area (TPSA) is 68.8 Å². The number of nitrogens with zero attached hydrogens (tertiary/aromatic N) is 4. The molecule has 1 spiro atoms. The van der Waals surface area contributed by atoms with Crippen LogP contribution in [0.1, 0.15) is 30.9 Å². The molecule has 5 rings (SSSR count). The number of aromatic nitrogens is 1. The van der Waals surface area contributed by atoms with Gasteiger partial charge in [-0.2, -0.15) is 0 Å². The van der Waals surface area contributed by atoms with Crippen molar-refractivity contribution >= 4 is 11.9 Å². The number of pyridine rings is 1. The van der Waals surface area contributed by atoms with E-state index in [9.17, 15) is 9.59 Å². The number of urea groups is 1. The summed E-state index contributed by atoms with van der Waals surface area (Å²) in [4.78, 5) is 36.9. The SMILES string of the molecule is CCN1C(=O)[C@@H]2CN(Cc3cccnc3)C[C@@H]2C12CCN(C(=O)NCc1ccccc1)CC2. The van der Waals surface area contributed by atoms with Gasteiger partial charge in [0, 0.05) is 64.1 Å². The Bertz CT molecular complexity index is 975. The zero-order valence-corrected chi connectivity index (χ0v) is 19.3. The number of piperidine rings is 1. The predicted molar refractivity (Wildman–Crippen MR) is 126 cm³/mol. The maximum atomic E-state index is 13.4. The van der Waals surface area contributed by atoms with Gasteiger partial charge in [-0.05, 0) is 37.0 Å². The van der Waals surface area contributed by atoms with E-state index in [0.717, 1.165) is 44.6 Å². The van der Waals surface area contributed by atoms with Crippen LogP contribution in [0, 0.1) is 11.8 Å². The summed E-state index contributed by atoms with van der Waals surface area (Å²) in [5.74, 6) is 0.703. The van der Waals surface area contributed by atoms with Crippen molar-refractivity contribution in [2.75, 3.05) is 32.7 Å². The van der Waals surface area contributed by atoms with Gasteiger partial charge in [0.25, 0.3) is 0 Å². The lowest BCUT2D eigenvalue weighted by atomic mass is 9.75. The van der Waals surface area contributed by atoms with Crippen LogP contribution in [-0.2, 0) is 17.9 Å². The number of likely N-dealkylation sites (tertiary alicyclic amines) is 3. The largest absolute Gasteiger partial charge is 0.337 e. The zero-order valence-electron chi connectivity index (χ0n) is 19.3. The first kappa shape index (κ1) is 21.9. The molecule has 7 heteroatoms. The normalized spacial score (nSPS) is 24.3. The van der Waals surface area contributed by atoms with E-state index in [0.29, 0.717) is 31.5 Å². The molecule has 4 heterocycles. The second kappa shape index (κ2) is 9.14. The molecule has 3 saturated heterocycles. The van der Waals surface area contributed by atoms with Gasteiger partial charge in [0.15, 0.2) is 0 Å². The predicted octanol–water partition coefficient (Wildman–Crippen LogP) is 2.74. The third-order valence-electron chi connectivity index (χ3n) is 7.85. The zero-order chi connectivity index (χ0) is 22.8. The summed E-state index contributed by atoms with van der Waals surface area (Å²) in [6, 6.07) is 14.0. The number of hydrogen-bond donors (Lipinski definition) is 1. The monoisotopic (exact) mass is 447 g/mol. The number of nitrogens with one attached hydrogen (secondary N) is 1. The molecule has 3 fully saturated rings. The molecule has 3 aliphatic heterocycles. The van der Waals surface area contributed by atoms with Gasteiger partial charge in [-0.15, -0.1) is 0 Å². The fourth-order valence-corrected chi connectivity index (χ4v) is 6.27. The van der Waals surface area contributed by atoms with E-state index in [1.54, 1.807) is 6.20 Å². The molecule has 1 aromatic heterocycles. The Balaban J connectivity index is 1.24. The Morgan fingerprint density at radius 3 is 2.55 bits per heavy atom. The highest BCUT2D eigenvalue weighted by Gasteiger charge is 2.61. The van der Waals surface area contributed by atoms with Crippen molar-refractivity contribution in [2.24, 2.45) is 11.8 Å². The summed E-state index contributed by atoms with van der Waals surface area (Å²) in [6.07, 6.45) is 5.42. The maximum absolute atomic E-state index is 13.4. The lowest BCUT2D eigenvalue weighted by Crippen LogP contribution is -2.58. The Hall–Kier alpha value is -2.93. The van der Waals surface area contributed by atoms with Gasteiger partial charge >= 0.3 is 6.03 Å². The maximum Gasteiger partial charge on any atom is 0.317 e. The Morgan fingerprint density at radius 1 is 1.09 bits per heavy atom. The van der Waals surface area contributed by atoms with Crippen molar-refractivity contribution in [1.82, 2.24) is 25.0 Å². The molecular weight excluding hydrogens is 414 g/mol. The molecule has 0 saturated carbocycles. The molecule has 174 valence electrons. The second-order valence-electron chi connectivity index (χ2n) is 9.59. The molecule has 0 aliphatic carbocycles. The van der Waals surface area contributed by atoms with E-state index in [1.807, 2.05) is 47.5 Å². The van der Waals surface area contributed by atoms with Crippen molar-refractivity contribution in [3.05, 3.63) is 66.0 Å². The van der Waals surface area contributed by atoms with Crippen LogP contribution in [0.15, 0.2) is 54.9 Å². The molecule has 33 heavy (non-hydrogen) atoms. The average molecular weight is 448 g/mol. The molecule has 1 aromatic carbocycles. The van der Waals surface area contributed by atoms with Crippen molar-refractivity contribution < 1.29 is 9.59 Å². The van der Waals surface area contributed by atoms with Gasteiger partial charge in [-0.3, -0.25) is 14.7 Å². The van der Waals surface area contributed by atoms with Crippen molar-refractivity contribution in [3.8, 4) is 0 Å². The summed E-state index contributed by atoms with van der Waals surface area (Å²) in [7, 11) is 0. The number of benzene rings is 1. The van der Waals surface area contributed by atoms with Crippen molar-refractivity contribution in [3.63, 3.8) is 0 Å². The summed E-state index contributed by atoms with van der Waals surface area (Å²) < 4.78 is 0. The van der Waals surface area contributed by atoms with E-state index in [-0.39, 0.29) is 17.5 Å². The highest BCUT2D eigenvalue weighted by atomic mass is 16.2. The number of rotatable bonds is 5. The lowest BCUT2D eigenvalue weighted by molar-refractivity contribution is -0.135. The Morgan fingerprint density at radius 2 is 1.85 bits per heavy atom. The van der Waals surface area contributed by atoms with E-state index >= 15 is 0 Å². The fourth-order valence-electron chi connectivity index (χ4n) is 6.27. The first-order chi connectivity index (χ1) is 16.1. The number of hydrogen-bond acceptors (Lipinski definition) is 4. The molecule has 3 aliphatic rings. The van der Waals surface area contributed by atoms with Gasteiger partial charge in [-0.25, -0.2) is 4.79 Å². The first-order valence-corrected chi connectivity index (χ1v) is 12.1. The molecule has 2 atom stereocenters. The van der Waals surface area contributed by atoms with Gasteiger partial charge in [0.05, 0.1) is 11.5 Å². The minimum Gasteiger partial charge on any atom is -0.337 e. The highest BCUT2D eigenvalue weighted by Crippen LogP contribution is 2.49. The van der Waals surface area contributed by atoms with Crippen LogP contribution < -0.4 is 5.32 Å². The molecule has 0 radical (unpaired) electrons. The summed E-state index contributed by atoms with van der Waals surface area (Å²) in [5, 5.41) is 3.05. The third-order valence-corrected chi connectivity index (χ3v) is 7.85. The fraction of sp³-hybridized carbons (Fsp3) is 0.500. The molecule has 7 nitrogen and oxygen atoms in total. The van der Waals surface area contributed by atoms with Crippen LogP contribution in [-0.4, -0.2) is 69.9 Å². The van der Waals surface area contributed by atoms with Crippen LogP contribution in [0.4, 0.5) is 4.79 Å². The van der Waals surface area contributed by atoms with Gasteiger partial charge in [0.2, 0.25) is 5.91 Å². The smallest absolute Gasteiger partial charge is 0.317 e. The Kier molecular flexibility index (Phi) is 6.06. The van der Waals surface area contributed by atoms with E-state index < -0.39 is 0 Å².